The Labute approximate surface area is 227 Å². The zero-order chi connectivity index (χ0) is 27.0. The van der Waals surface area contributed by atoms with Gasteiger partial charge in [-0.05, 0) is 68.1 Å². The lowest BCUT2D eigenvalue weighted by atomic mass is 9.93. The van der Waals surface area contributed by atoms with E-state index in [4.69, 9.17) is 10.2 Å². The molecule has 0 saturated heterocycles. The second-order valence-corrected chi connectivity index (χ2v) is 11.0. The second-order valence-electron chi connectivity index (χ2n) is 11.0. The molecule has 2 N–H and O–H groups in total. The van der Waals surface area contributed by atoms with E-state index in [1.807, 2.05) is 0 Å². The van der Waals surface area contributed by atoms with Crippen LogP contribution in [0.15, 0.2) is 18.2 Å². The van der Waals surface area contributed by atoms with E-state index in [-0.39, 0.29) is 0 Å². The van der Waals surface area contributed by atoms with Crippen LogP contribution in [0.5, 0.6) is 0 Å². The van der Waals surface area contributed by atoms with E-state index in [9.17, 15) is 9.59 Å². The molecule has 212 valence electrons. The fourth-order valence-electron chi connectivity index (χ4n) is 5.20. The Kier molecular flexibility index (Phi) is 20.9. The van der Waals surface area contributed by atoms with Crippen LogP contribution in [0.3, 0.4) is 0 Å². The molecule has 0 spiro atoms. The summed E-state index contributed by atoms with van der Waals surface area (Å²) in [4.78, 5) is 21.3. The summed E-state index contributed by atoms with van der Waals surface area (Å²) < 4.78 is 0. The molecule has 0 aliphatic heterocycles. The van der Waals surface area contributed by atoms with Crippen molar-refractivity contribution >= 4 is 11.9 Å². The van der Waals surface area contributed by atoms with Crippen LogP contribution in [-0.4, -0.2) is 22.2 Å². The van der Waals surface area contributed by atoms with Gasteiger partial charge in [-0.3, -0.25) is 9.59 Å². The highest BCUT2D eigenvalue weighted by molar-refractivity contribution is 5.66. The molecule has 4 nitrogen and oxygen atoms in total. The van der Waals surface area contributed by atoms with Crippen LogP contribution < -0.4 is 0 Å². The highest BCUT2D eigenvalue weighted by atomic mass is 16.4. The third-order valence-corrected chi connectivity index (χ3v) is 7.51. The molecular weight excluding hydrogens is 460 g/mol. The quantitative estimate of drug-likeness (QED) is 0.120. The predicted octanol–water partition coefficient (Wildman–Crippen LogP) is 9.70. The Morgan fingerprint density at radius 2 is 0.919 bits per heavy atom. The summed E-state index contributed by atoms with van der Waals surface area (Å²) in [6.07, 6.45) is 26.8. The molecule has 0 atom stereocenters. The number of hydrogen-bond donors (Lipinski definition) is 2. The molecular formula is C33H56O4. The van der Waals surface area contributed by atoms with E-state index in [1.54, 1.807) is 5.56 Å². The Morgan fingerprint density at radius 3 is 1.41 bits per heavy atom. The van der Waals surface area contributed by atoms with Gasteiger partial charge >= 0.3 is 11.9 Å². The number of unbranched alkanes of at least 4 members (excludes halogenated alkanes) is 16. The summed E-state index contributed by atoms with van der Waals surface area (Å²) in [5.74, 6) is -1.36. The monoisotopic (exact) mass is 516 g/mol. The van der Waals surface area contributed by atoms with Crippen molar-refractivity contribution in [3.63, 3.8) is 0 Å². The third-order valence-electron chi connectivity index (χ3n) is 7.51. The van der Waals surface area contributed by atoms with Crippen LogP contribution >= 0.6 is 0 Å². The molecule has 0 aliphatic carbocycles. The summed E-state index contributed by atoms with van der Waals surface area (Å²) in [5.41, 5.74) is 4.57. The number of aryl methyl sites for hydroxylation is 3. The van der Waals surface area contributed by atoms with Gasteiger partial charge in [0.1, 0.15) is 0 Å². The van der Waals surface area contributed by atoms with Crippen LogP contribution in [0.1, 0.15) is 158 Å². The van der Waals surface area contributed by atoms with Gasteiger partial charge in [0.15, 0.2) is 0 Å². The van der Waals surface area contributed by atoms with Gasteiger partial charge in [-0.1, -0.05) is 115 Å². The highest BCUT2D eigenvalue weighted by Gasteiger charge is 2.06. The van der Waals surface area contributed by atoms with E-state index in [1.165, 1.54) is 101 Å². The van der Waals surface area contributed by atoms with E-state index in [0.717, 1.165) is 51.4 Å². The topological polar surface area (TPSA) is 74.6 Å². The minimum absolute atomic E-state index is 0.302. The molecule has 0 amide bonds. The van der Waals surface area contributed by atoms with Gasteiger partial charge in [-0.25, -0.2) is 0 Å². The number of carbonyl (C=O) groups is 2. The molecule has 0 aliphatic rings. The standard InChI is InChI=1S/C33H56O4/c1-2-3-4-5-6-11-16-21-29-26-27-30(22-17-12-7-9-14-19-24-32(34)35)31(28-29)23-18-13-8-10-15-20-25-33(36)37/h26-28H,2-25H2,1H3,(H,34,35)(H,36,37). The minimum Gasteiger partial charge on any atom is -0.481 e. The molecule has 0 radical (unpaired) electrons. The fourth-order valence-corrected chi connectivity index (χ4v) is 5.20. The number of rotatable bonds is 26. The molecule has 1 aromatic carbocycles. The van der Waals surface area contributed by atoms with Gasteiger partial charge in [0, 0.05) is 12.8 Å². The molecule has 0 aromatic heterocycles. The number of carboxylic acid groups (broad SMARTS) is 2. The van der Waals surface area contributed by atoms with E-state index < -0.39 is 11.9 Å². The first kappa shape index (κ1) is 33.2. The molecule has 1 rings (SSSR count). The summed E-state index contributed by atoms with van der Waals surface area (Å²) in [6, 6.07) is 7.25. The molecule has 1 aromatic rings. The maximum atomic E-state index is 10.6. The maximum Gasteiger partial charge on any atom is 0.303 e. The lowest BCUT2D eigenvalue weighted by molar-refractivity contribution is -0.138. The smallest absolute Gasteiger partial charge is 0.303 e. The number of benzene rings is 1. The highest BCUT2D eigenvalue weighted by Crippen LogP contribution is 2.21. The zero-order valence-electron chi connectivity index (χ0n) is 23.9. The molecule has 0 saturated carbocycles. The Morgan fingerprint density at radius 1 is 0.514 bits per heavy atom. The van der Waals surface area contributed by atoms with Crippen molar-refractivity contribution in [1.29, 1.82) is 0 Å². The van der Waals surface area contributed by atoms with Crippen LogP contribution in [0.25, 0.3) is 0 Å². The summed E-state index contributed by atoms with van der Waals surface area (Å²) in [6.45, 7) is 2.27. The Balaban J connectivity index is 2.43. The van der Waals surface area contributed by atoms with Crippen molar-refractivity contribution in [2.24, 2.45) is 0 Å². The summed E-state index contributed by atoms with van der Waals surface area (Å²) in [5, 5.41) is 17.5. The lowest BCUT2D eigenvalue weighted by Crippen LogP contribution is -1.99. The van der Waals surface area contributed by atoms with Crippen molar-refractivity contribution in [2.75, 3.05) is 0 Å². The van der Waals surface area contributed by atoms with Gasteiger partial charge < -0.3 is 10.2 Å². The third kappa shape index (κ3) is 19.9. The van der Waals surface area contributed by atoms with Crippen molar-refractivity contribution in [2.45, 2.75) is 161 Å². The van der Waals surface area contributed by atoms with Crippen molar-refractivity contribution in [1.82, 2.24) is 0 Å². The summed E-state index contributed by atoms with van der Waals surface area (Å²) in [7, 11) is 0. The number of aliphatic carboxylic acids is 2. The van der Waals surface area contributed by atoms with Gasteiger partial charge in [0.2, 0.25) is 0 Å². The largest absolute Gasteiger partial charge is 0.481 e. The SMILES string of the molecule is CCCCCCCCCc1ccc(CCCCCCCCC(=O)O)c(CCCCCCCCC(=O)O)c1. The van der Waals surface area contributed by atoms with Crippen LogP contribution in [0.2, 0.25) is 0 Å². The van der Waals surface area contributed by atoms with Gasteiger partial charge in [0.25, 0.3) is 0 Å². The lowest BCUT2D eigenvalue weighted by Gasteiger charge is -2.13. The first-order chi connectivity index (χ1) is 18.0. The second kappa shape index (κ2) is 23.3. The molecule has 0 heterocycles. The van der Waals surface area contributed by atoms with E-state index in [2.05, 4.69) is 25.1 Å². The van der Waals surface area contributed by atoms with E-state index >= 15 is 0 Å². The molecule has 0 unspecified atom stereocenters. The molecule has 37 heavy (non-hydrogen) atoms. The fraction of sp³-hybridized carbons (Fsp3) is 0.758. The zero-order valence-corrected chi connectivity index (χ0v) is 23.9. The number of carboxylic acids is 2. The van der Waals surface area contributed by atoms with Crippen molar-refractivity contribution in [3.8, 4) is 0 Å². The predicted molar refractivity (Wildman–Crippen MR) is 155 cm³/mol. The van der Waals surface area contributed by atoms with Crippen LogP contribution in [0.4, 0.5) is 0 Å². The normalized spacial score (nSPS) is 11.2. The maximum absolute atomic E-state index is 10.6. The first-order valence-corrected chi connectivity index (χ1v) is 15.6. The molecule has 0 bridgehead atoms. The Hall–Kier alpha value is -1.84. The minimum atomic E-state index is -0.680. The molecule has 0 fully saturated rings. The van der Waals surface area contributed by atoms with Crippen LogP contribution in [-0.2, 0) is 28.9 Å². The van der Waals surface area contributed by atoms with E-state index in [0.29, 0.717) is 12.8 Å². The first-order valence-electron chi connectivity index (χ1n) is 15.6. The molecule has 4 heteroatoms. The van der Waals surface area contributed by atoms with Gasteiger partial charge in [-0.2, -0.15) is 0 Å². The van der Waals surface area contributed by atoms with Crippen LogP contribution in [0, 0.1) is 0 Å². The summed E-state index contributed by atoms with van der Waals surface area (Å²) >= 11 is 0. The van der Waals surface area contributed by atoms with Crippen molar-refractivity contribution in [3.05, 3.63) is 34.9 Å². The average molecular weight is 517 g/mol. The number of hydrogen-bond acceptors (Lipinski definition) is 2. The van der Waals surface area contributed by atoms with Gasteiger partial charge in [-0.15, -0.1) is 0 Å². The van der Waals surface area contributed by atoms with Crippen molar-refractivity contribution < 1.29 is 19.8 Å². The average Bonchev–Trinajstić information content (AvgIpc) is 2.87. The van der Waals surface area contributed by atoms with Gasteiger partial charge in [0.05, 0.1) is 0 Å². The Bertz CT molecular complexity index is 712.